The number of hydrogen-bond donors (Lipinski definition) is 1. The highest BCUT2D eigenvalue weighted by Crippen LogP contribution is 2.30. The van der Waals surface area contributed by atoms with Crippen molar-refractivity contribution in [1.29, 1.82) is 0 Å². The SMILES string of the molecule is COc1ncccc1C(=O)N[C@@H]1CCCC[C@H]1N1C(=O)CSC1=O. The normalized spacial score (nSPS) is 24.1. The third kappa shape index (κ3) is 3.24. The van der Waals surface area contributed by atoms with Crippen LogP contribution in [0.1, 0.15) is 36.0 Å². The molecule has 128 valence electrons. The molecule has 0 radical (unpaired) electrons. The van der Waals surface area contributed by atoms with Crippen LogP contribution in [0.25, 0.3) is 0 Å². The Hall–Kier alpha value is -2.09. The lowest BCUT2D eigenvalue weighted by atomic mass is 9.89. The van der Waals surface area contributed by atoms with Crippen molar-refractivity contribution in [2.45, 2.75) is 37.8 Å². The molecule has 2 heterocycles. The molecule has 0 aromatic carbocycles. The maximum Gasteiger partial charge on any atom is 0.289 e. The van der Waals surface area contributed by atoms with E-state index in [-0.39, 0.29) is 40.8 Å². The zero-order valence-corrected chi connectivity index (χ0v) is 14.2. The van der Waals surface area contributed by atoms with Gasteiger partial charge in [-0.1, -0.05) is 24.6 Å². The first-order chi connectivity index (χ1) is 11.6. The second-order valence-electron chi connectivity index (χ2n) is 5.81. The Balaban J connectivity index is 1.77. The second-order valence-corrected chi connectivity index (χ2v) is 6.74. The molecule has 0 bridgehead atoms. The van der Waals surface area contributed by atoms with Gasteiger partial charge >= 0.3 is 0 Å². The summed E-state index contributed by atoms with van der Waals surface area (Å²) in [5.41, 5.74) is 0.345. The minimum atomic E-state index is -0.302. The largest absolute Gasteiger partial charge is 0.480 e. The molecular weight excluding hydrogens is 330 g/mol. The molecule has 3 rings (SSSR count). The van der Waals surface area contributed by atoms with Gasteiger partial charge in [0.05, 0.1) is 24.9 Å². The standard InChI is InChI=1S/C16H19N3O4S/c1-23-15-10(5-4-8-17-15)14(21)18-11-6-2-3-7-12(11)19-13(20)9-24-16(19)22/h4-5,8,11-12H,2-3,6-7,9H2,1H3,(H,18,21)/t11-,12-/m1/s1. The van der Waals surface area contributed by atoms with Gasteiger partial charge in [-0.05, 0) is 25.0 Å². The number of methoxy groups -OCH3 is 1. The van der Waals surface area contributed by atoms with Gasteiger partial charge in [-0.3, -0.25) is 19.3 Å². The molecule has 3 amide bonds. The Labute approximate surface area is 144 Å². The topological polar surface area (TPSA) is 88.6 Å². The molecule has 2 aliphatic rings. The van der Waals surface area contributed by atoms with Gasteiger partial charge in [0.1, 0.15) is 5.56 Å². The molecule has 1 aromatic rings. The van der Waals surface area contributed by atoms with Gasteiger partial charge in [-0.2, -0.15) is 0 Å². The van der Waals surface area contributed by atoms with Crippen molar-refractivity contribution in [2.24, 2.45) is 0 Å². The Kier molecular flexibility index (Phi) is 5.03. The third-order valence-corrected chi connectivity index (χ3v) is 5.21. The van der Waals surface area contributed by atoms with E-state index >= 15 is 0 Å². The summed E-state index contributed by atoms with van der Waals surface area (Å²) in [5.74, 6) is -0.0307. The molecule has 2 atom stereocenters. The fourth-order valence-electron chi connectivity index (χ4n) is 3.25. The smallest absolute Gasteiger partial charge is 0.289 e. The van der Waals surface area contributed by atoms with Crippen LogP contribution in [0, 0.1) is 0 Å². The predicted molar refractivity (Wildman–Crippen MR) is 89.0 cm³/mol. The van der Waals surface area contributed by atoms with E-state index in [1.165, 1.54) is 12.0 Å². The molecule has 1 saturated heterocycles. The van der Waals surface area contributed by atoms with Gasteiger partial charge < -0.3 is 10.1 Å². The number of rotatable bonds is 4. The zero-order chi connectivity index (χ0) is 17.1. The molecule has 2 fully saturated rings. The summed E-state index contributed by atoms with van der Waals surface area (Å²) in [4.78, 5) is 42.0. The van der Waals surface area contributed by atoms with Gasteiger partial charge in [0.25, 0.3) is 11.1 Å². The Morgan fingerprint density at radius 2 is 2.17 bits per heavy atom. The summed E-state index contributed by atoms with van der Waals surface area (Å²) in [7, 11) is 1.46. The van der Waals surface area contributed by atoms with Crippen LogP contribution >= 0.6 is 11.8 Å². The number of pyridine rings is 1. The third-order valence-electron chi connectivity index (χ3n) is 4.37. The van der Waals surface area contributed by atoms with E-state index < -0.39 is 0 Å². The van der Waals surface area contributed by atoms with Crippen LogP contribution in [0.15, 0.2) is 18.3 Å². The summed E-state index contributed by atoms with van der Waals surface area (Å²) in [5, 5.41) is 2.75. The van der Waals surface area contributed by atoms with Crippen molar-refractivity contribution in [1.82, 2.24) is 15.2 Å². The van der Waals surface area contributed by atoms with Crippen molar-refractivity contribution >= 4 is 28.8 Å². The van der Waals surface area contributed by atoms with Crippen LogP contribution in [0.4, 0.5) is 4.79 Å². The first-order valence-electron chi connectivity index (χ1n) is 7.90. The fraction of sp³-hybridized carbons (Fsp3) is 0.500. The molecule has 1 aliphatic carbocycles. The first-order valence-corrected chi connectivity index (χ1v) is 8.89. The zero-order valence-electron chi connectivity index (χ0n) is 13.4. The summed E-state index contributed by atoms with van der Waals surface area (Å²) in [6, 6.07) is 2.78. The number of amides is 3. The number of carbonyl (C=O) groups is 3. The van der Waals surface area contributed by atoms with E-state index in [0.717, 1.165) is 31.0 Å². The molecule has 1 N–H and O–H groups in total. The van der Waals surface area contributed by atoms with Crippen LogP contribution in [0.3, 0.4) is 0 Å². The molecular formula is C16H19N3O4S. The summed E-state index contributed by atoms with van der Waals surface area (Å²) in [6.45, 7) is 0. The maximum atomic E-state index is 12.6. The Morgan fingerprint density at radius 3 is 2.88 bits per heavy atom. The van der Waals surface area contributed by atoms with Crippen LogP contribution in [-0.2, 0) is 4.79 Å². The van der Waals surface area contributed by atoms with Gasteiger partial charge in [-0.15, -0.1) is 0 Å². The van der Waals surface area contributed by atoms with Gasteiger partial charge in [0.15, 0.2) is 0 Å². The minimum absolute atomic E-state index is 0.171. The number of hydrogen-bond acceptors (Lipinski definition) is 6. The van der Waals surface area contributed by atoms with Crippen LogP contribution < -0.4 is 10.1 Å². The van der Waals surface area contributed by atoms with E-state index in [9.17, 15) is 14.4 Å². The maximum absolute atomic E-state index is 12.6. The highest BCUT2D eigenvalue weighted by Gasteiger charge is 2.41. The van der Waals surface area contributed by atoms with E-state index in [0.29, 0.717) is 12.0 Å². The van der Waals surface area contributed by atoms with E-state index in [1.54, 1.807) is 18.3 Å². The minimum Gasteiger partial charge on any atom is -0.480 e. The molecule has 0 spiro atoms. The van der Waals surface area contributed by atoms with Gasteiger partial charge in [-0.25, -0.2) is 4.98 Å². The number of ether oxygens (including phenoxy) is 1. The summed E-state index contributed by atoms with van der Waals surface area (Å²) < 4.78 is 5.12. The quantitative estimate of drug-likeness (QED) is 0.892. The van der Waals surface area contributed by atoms with Crippen LogP contribution in [0.5, 0.6) is 5.88 Å². The van der Waals surface area contributed by atoms with E-state index in [4.69, 9.17) is 4.74 Å². The molecule has 24 heavy (non-hydrogen) atoms. The molecule has 1 aromatic heterocycles. The number of nitrogens with one attached hydrogen (secondary N) is 1. The van der Waals surface area contributed by atoms with Crippen molar-refractivity contribution in [3.05, 3.63) is 23.9 Å². The average molecular weight is 349 g/mol. The van der Waals surface area contributed by atoms with Crippen LogP contribution in [-0.4, -0.2) is 51.9 Å². The lowest BCUT2D eigenvalue weighted by Crippen LogP contribution is -2.54. The Bertz CT molecular complexity index is 650. The molecule has 8 heteroatoms. The monoisotopic (exact) mass is 349 g/mol. The lowest BCUT2D eigenvalue weighted by molar-refractivity contribution is -0.127. The highest BCUT2D eigenvalue weighted by atomic mass is 32.2. The molecule has 1 aliphatic heterocycles. The number of aromatic nitrogens is 1. The average Bonchev–Trinajstić information content (AvgIpc) is 2.94. The number of nitrogens with zero attached hydrogens (tertiary/aromatic N) is 2. The lowest BCUT2D eigenvalue weighted by Gasteiger charge is -2.36. The molecule has 0 unspecified atom stereocenters. The summed E-state index contributed by atoms with van der Waals surface area (Å²) >= 11 is 1.03. The predicted octanol–water partition coefficient (Wildman–Crippen LogP) is 1.83. The first kappa shape index (κ1) is 16.8. The summed E-state index contributed by atoms with van der Waals surface area (Å²) in [6.07, 6.45) is 4.90. The number of carbonyl (C=O) groups excluding carboxylic acids is 3. The molecule has 7 nitrogen and oxygen atoms in total. The number of thioether (sulfide) groups is 1. The number of imide groups is 1. The Morgan fingerprint density at radius 1 is 1.38 bits per heavy atom. The van der Waals surface area contributed by atoms with Crippen molar-refractivity contribution < 1.29 is 19.1 Å². The highest BCUT2D eigenvalue weighted by molar-refractivity contribution is 8.14. The van der Waals surface area contributed by atoms with Crippen LogP contribution in [0.2, 0.25) is 0 Å². The van der Waals surface area contributed by atoms with Gasteiger partial charge in [0.2, 0.25) is 11.8 Å². The second kappa shape index (κ2) is 7.21. The van der Waals surface area contributed by atoms with Crippen molar-refractivity contribution in [2.75, 3.05) is 12.9 Å². The van der Waals surface area contributed by atoms with E-state index in [1.807, 2.05) is 0 Å². The van der Waals surface area contributed by atoms with Crippen molar-refractivity contribution in [3.8, 4) is 5.88 Å². The molecule has 1 saturated carbocycles. The van der Waals surface area contributed by atoms with Crippen molar-refractivity contribution in [3.63, 3.8) is 0 Å². The fourth-order valence-corrected chi connectivity index (χ4v) is 4.01. The van der Waals surface area contributed by atoms with Gasteiger partial charge in [0, 0.05) is 6.20 Å². The van der Waals surface area contributed by atoms with E-state index in [2.05, 4.69) is 10.3 Å².